The minimum atomic E-state index is -0.355. The lowest BCUT2D eigenvalue weighted by Gasteiger charge is -2.30. The van der Waals surface area contributed by atoms with Gasteiger partial charge in [-0.1, -0.05) is 50.6 Å². The predicted molar refractivity (Wildman–Crippen MR) is 120 cm³/mol. The molecule has 2 fully saturated rings. The van der Waals surface area contributed by atoms with Gasteiger partial charge in [0.2, 0.25) is 11.8 Å². The molecule has 2 aliphatic heterocycles. The lowest BCUT2D eigenvalue weighted by Crippen LogP contribution is -2.49. The molecule has 2 amide bonds. The van der Waals surface area contributed by atoms with Crippen molar-refractivity contribution in [3.8, 4) is 0 Å². The van der Waals surface area contributed by atoms with E-state index in [0.717, 1.165) is 13.1 Å². The van der Waals surface area contributed by atoms with Gasteiger partial charge in [-0.15, -0.1) is 11.8 Å². The monoisotopic (exact) mass is 417 g/mol. The maximum Gasteiger partial charge on any atom is 0.243 e. The summed E-state index contributed by atoms with van der Waals surface area (Å²) in [6.07, 6.45) is 2.90. The van der Waals surface area contributed by atoms with E-state index in [1.54, 1.807) is 16.7 Å². The van der Waals surface area contributed by atoms with Crippen molar-refractivity contribution < 1.29 is 9.59 Å². The van der Waals surface area contributed by atoms with Crippen LogP contribution in [0.2, 0.25) is 0 Å². The van der Waals surface area contributed by atoms with Crippen LogP contribution in [0.4, 0.5) is 0 Å². The van der Waals surface area contributed by atoms with Gasteiger partial charge in [-0.05, 0) is 43.8 Å². The number of thioether (sulfide) groups is 1. The van der Waals surface area contributed by atoms with Crippen LogP contribution >= 0.6 is 11.8 Å². The third-order valence-corrected chi connectivity index (χ3v) is 6.71. The number of amides is 2. The fourth-order valence-electron chi connectivity index (χ4n) is 4.08. The third kappa shape index (κ3) is 5.98. The molecule has 5 nitrogen and oxygen atoms in total. The largest absolute Gasteiger partial charge is 0.352 e. The summed E-state index contributed by atoms with van der Waals surface area (Å²) in [5.41, 5.74) is 2.42. The van der Waals surface area contributed by atoms with Crippen LogP contribution in [0.15, 0.2) is 24.3 Å². The molecule has 6 heteroatoms. The highest BCUT2D eigenvalue weighted by Gasteiger charge is 2.36. The maximum absolute atomic E-state index is 13.0. The Bertz CT molecular complexity index is 708. The van der Waals surface area contributed by atoms with Gasteiger partial charge in [0.25, 0.3) is 0 Å². The summed E-state index contributed by atoms with van der Waals surface area (Å²) in [4.78, 5) is 29.9. The van der Waals surface area contributed by atoms with E-state index in [4.69, 9.17) is 0 Å². The molecule has 2 unspecified atom stereocenters. The first kappa shape index (κ1) is 22.2. The molecular weight excluding hydrogens is 382 g/mol. The summed E-state index contributed by atoms with van der Waals surface area (Å²) in [7, 11) is 0. The van der Waals surface area contributed by atoms with Gasteiger partial charge in [-0.3, -0.25) is 14.5 Å². The molecule has 1 aromatic carbocycles. The minimum absolute atomic E-state index is 0.0198. The van der Waals surface area contributed by atoms with Crippen molar-refractivity contribution in [1.82, 2.24) is 15.1 Å². The van der Waals surface area contributed by atoms with Crippen LogP contribution in [0.3, 0.4) is 0 Å². The molecule has 0 bridgehead atoms. The summed E-state index contributed by atoms with van der Waals surface area (Å²) in [5, 5.41) is 3.17. The van der Waals surface area contributed by atoms with Crippen molar-refractivity contribution >= 4 is 23.6 Å². The van der Waals surface area contributed by atoms with E-state index < -0.39 is 0 Å². The lowest BCUT2D eigenvalue weighted by atomic mass is 9.91. The summed E-state index contributed by atoms with van der Waals surface area (Å²) >= 11 is 1.66. The predicted octanol–water partition coefficient (Wildman–Crippen LogP) is 3.59. The second kappa shape index (κ2) is 9.52. The molecule has 2 saturated heterocycles. The number of hydrogen-bond donors (Lipinski definition) is 1. The van der Waals surface area contributed by atoms with Crippen LogP contribution in [-0.4, -0.2) is 58.9 Å². The molecule has 0 aliphatic carbocycles. The Kier molecular flexibility index (Phi) is 7.28. The Morgan fingerprint density at radius 3 is 2.45 bits per heavy atom. The number of likely N-dealkylation sites (tertiary alicyclic amines) is 1. The number of carbonyl (C=O) groups is 2. The first-order valence-electron chi connectivity index (χ1n) is 10.7. The van der Waals surface area contributed by atoms with Crippen molar-refractivity contribution in [2.24, 2.45) is 5.41 Å². The Hall–Kier alpha value is -1.53. The number of benzene rings is 1. The van der Waals surface area contributed by atoms with Gasteiger partial charge in [0, 0.05) is 18.7 Å². The fourth-order valence-corrected chi connectivity index (χ4v) is 5.26. The van der Waals surface area contributed by atoms with Crippen molar-refractivity contribution in [2.45, 2.75) is 59.0 Å². The van der Waals surface area contributed by atoms with Gasteiger partial charge in [-0.2, -0.15) is 0 Å². The zero-order valence-corrected chi connectivity index (χ0v) is 19.1. The summed E-state index contributed by atoms with van der Waals surface area (Å²) < 4.78 is 0. The van der Waals surface area contributed by atoms with Gasteiger partial charge in [0.05, 0.1) is 11.9 Å². The van der Waals surface area contributed by atoms with Gasteiger partial charge in [-0.25, -0.2) is 0 Å². The smallest absolute Gasteiger partial charge is 0.243 e. The molecule has 29 heavy (non-hydrogen) atoms. The first-order chi connectivity index (χ1) is 13.7. The molecule has 2 atom stereocenters. The number of nitrogens with one attached hydrogen (secondary N) is 1. The zero-order valence-electron chi connectivity index (χ0n) is 18.2. The number of aryl methyl sites for hydroxylation is 1. The number of hydrogen-bond acceptors (Lipinski definition) is 4. The van der Waals surface area contributed by atoms with E-state index >= 15 is 0 Å². The van der Waals surface area contributed by atoms with Crippen molar-refractivity contribution in [1.29, 1.82) is 0 Å². The highest BCUT2D eigenvalue weighted by molar-refractivity contribution is 7.99. The summed E-state index contributed by atoms with van der Waals surface area (Å²) in [6.45, 7) is 11.0. The quantitative estimate of drug-likeness (QED) is 0.769. The van der Waals surface area contributed by atoms with E-state index in [0.29, 0.717) is 24.6 Å². The number of carbonyl (C=O) groups excluding carboxylic acids is 2. The zero-order chi connectivity index (χ0) is 21.0. The molecule has 0 spiro atoms. The number of rotatable bonds is 6. The van der Waals surface area contributed by atoms with Crippen LogP contribution in [0.1, 0.15) is 57.2 Å². The van der Waals surface area contributed by atoms with Gasteiger partial charge in [0.1, 0.15) is 6.04 Å². The highest BCUT2D eigenvalue weighted by Crippen LogP contribution is 2.28. The second-order valence-corrected chi connectivity index (χ2v) is 10.5. The molecule has 1 N–H and O–H groups in total. The van der Waals surface area contributed by atoms with E-state index in [-0.39, 0.29) is 29.3 Å². The molecule has 2 heterocycles. The van der Waals surface area contributed by atoms with E-state index in [9.17, 15) is 9.59 Å². The van der Waals surface area contributed by atoms with Crippen molar-refractivity contribution in [2.75, 3.05) is 31.3 Å². The van der Waals surface area contributed by atoms with Crippen LogP contribution in [0, 0.1) is 12.3 Å². The SMILES string of the molecule is Cc1ccc(C(CNC(=O)C2CSCN2C(=O)CC(C)(C)C)N2CCCC2)cc1. The van der Waals surface area contributed by atoms with Crippen LogP contribution in [-0.2, 0) is 9.59 Å². The molecule has 0 saturated carbocycles. The average molecular weight is 418 g/mol. The molecule has 0 aromatic heterocycles. The Morgan fingerprint density at radius 2 is 1.83 bits per heavy atom. The Labute approximate surface area is 179 Å². The third-order valence-electron chi connectivity index (χ3n) is 5.70. The van der Waals surface area contributed by atoms with Crippen LogP contribution in [0.5, 0.6) is 0 Å². The highest BCUT2D eigenvalue weighted by atomic mass is 32.2. The van der Waals surface area contributed by atoms with E-state index in [1.165, 1.54) is 24.0 Å². The standard InChI is InChI=1S/C23H35N3O2S/c1-17-7-9-18(10-8-17)19(25-11-5-6-12-25)14-24-22(28)20-15-29-16-26(20)21(27)13-23(2,3)4/h7-10,19-20H,5-6,11-16H2,1-4H3,(H,24,28). The summed E-state index contributed by atoms with van der Waals surface area (Å²) in [6, 6.07) is 8.47. The average Bonchev–Trinajstić information content (AvgIpc) is 3.33. The van der Waals surface area contributed by atoms with Crippen molar-refractivity contribution in [3.05, 3.63) is 35.4 Å². The Morgan fingerprint density at radius 1 is 1.17 bits per heavy atom. The minimum Gasteiger partial charge on any atom is -0.352 e. The van der Waals surface area contributed by atoms with Crippen LogP contribution in [0.25, 0.3) is 0 Å². The maximum atomic E-state index is 13.0. The van der Waals surface area contributed by atoms with Gasteiger partial charge >= 0.3 is 0 Å². The molecule has 1 aromatic rings. The lowest BCUT2D eigenvalue weighted by molar-refractivity contribution is -0.139. The van der Waals surface area contributed by atoms with E-state index in [1.807, 2.05) is 0 Å². The number of nitrogens with zero attached hydrogens (tertiary/aromatic N) is 2. The summed E-state index contributed by atoms with van der Waals surface area (Å²) in [5.74, 6) is 1.35. The molecular formula is C23H35N3O2S. The molecule has 0 radical (unpaired) electrons. The van der Waals surface area contributed by atoms with Crippen LogP contribution < -0.4 is 5.32 Å². The second-order valence-electron chi connectivity index (χ2n) is 9.53. The normalized spacial score (nSPS) is 21.4. The van der Waals surface area contributed by atoms with Crippen molar-refractivity contribution in [3.63, 3.8) is 0 Å². The Balaban J connectivity index is 1.64. The van der Waals surface area contributed by atoms with Gasteiger partial charge in [0.15, 0.2) is 0 Å². The topological polar surface area (TPSA) is 52.7 Å². The van der Waals surface area contributed by atoms with Gasteiger partial charge < -0.3 is 10.2 Å². The molecule has 160 valence electrons. The molecule has 2 aliphatic rings. The fraction of sp³-hybridized carbons (Fsp3) is 0.652. The van der Waals surface area contributed by atoms with E-state index in [2.05, 4.69) is 62.2 Å². The molecule has 3 rings (SSSR count). The first-order valence-corrected chi connectivity index (χ1v) is 11.9.